The minimum Gasteiger partial charge on any atom is -0.466 e. The highest BCUT2D eigenvalue weighted by Crippen LogP contribution is 2.30. The topological polar surface area (TPSA) is 97.7 Å². The first-order valence-corrected chi connectivity index (χ1v) is 10.2. The van der Waals surface area contributed by atoms with E-state index < -0.39 is 12.0 Å². The first kappa shape index (κ1) is 21.3. The molecule has 8 heteroatoms. The molecule has 8 nitrogen and oxygen atoms in total. The number of amides is 2. The lowest BCUT2D eigenvalue weighted by atomic mass is 9.91. The lowest BCUT2D eigenvalue weighted by molar-refractivity contribution is -0.919. The van der Waals surface area contributed by atoms with Crippen LogP contribution in [0.1, 0.15) is 22.7 Å². The third-order valence-electron chi connectivity index (χ3n) is 5.56. The Kier molecular flexibility index (Phi) is 7.24. The lowest BCUT2D eigenvalue weighted by Gasteiger charge is -2.29. The van der Waals surface area contributed by atoms with Crippen molar-refractivity contribution in [1.29, 1.82) is 0 Å². The van der Waals surface area contributed by atoms with Crippen LogP contribution in [-0.2, 0) is 14.3 Å². The number of benzene rings is 1. The van der Waals surface area contributed by atoms with E-state index >= 15 is 0 Å². The van der Waals surface area contributed by atoms with Crippen molar-refractivity contribution < 1.29 is 29.3 Å². The zero-order chi connectivity index (χ0) is 20.8. The van der Waals surface area contributed by atoms with E-state index in [2.05, 4.69) is 16.0 Å². The number of quaternary nitrogens is 2. The molecule has 0 spiro atoms. The molecule has 0 aliphatic carbocycles. The van der Waals surface area contributed by atoms with Crippen LogP contribution >= 0.6 is 0 Å². The Morgan fingerprint density at radius 2 is 2.07 bits per heavy atom. The number of morpholine rings is 1. The summed E-state index contributed by atoms with van der Waals surface area (Å²) in [5, 5.41) is 7.85. The molecule has 2 amide bonds. The number of rotatable bonds is 7. The van der Waals surface area contributed by atoms with Gasteiger partial charge in [0.2, 0.25) is 0 Å². The van der Waals surface area contributed by atoms with Crippen molar-refractivity contribution in [2.24, 2.45) is 0 Å². The largest absolute Gasteiger partial charge is 0.466 e. The van der Waals surface area contributed by atoms with Crippen LogP contribution in [0.15, 0.2) is 29.5 Å². The van der Waals surface area contributed by atoms with E-state index in [1.165, 1.54) is 12.0 Å². The predicted molar refractivity (Wildman–Crippen MR) is 107 cm³/mol. The van der Waals surface area contributed by atoms with E-state index in [0.29, 0.717) is 17.8 Å². The second kappa shape index (κ2) is 9.87. The van der Waals surface area contributed by atoms with Gasteiger partial charge in [0, 0.05) is 0 Å². The van der Waals surface area contributed by atoms with E-state index in [0.717, 1.165) is 56.1 Å². The summed E-state index contributed by atoms with van der Waals surface area (Å²) in [7, 11) is 1.37. The Bertz CT molecular complexity index is 787. The van der Waals surface area contributed by atoms with Crippen LogP contribution in [0, 0.1) is 13.8 Å². The van der Waals surface area contributed by atoms with E-state index in [1.807, 2.05) is 32.0 Å². The number of ether oxygens (including phenoxy) is 2. The van der Waals surface area contributed by atoms with Gasteiger partial charge in [-0.15, -0.1) is 0 Å². The van der Waals surface area contributed by atoms with Crippen LogP contribution in [0.4, 0.5) is 4.79 Å². The van der Waals surface area contributed by atoms with Gasteiger partial charge in [-0.1, -0.05) is 23.8 Å². The van der Waals surface area contributed by atoms with Gasteiger partial charge in [0.25, 0.3) is 0 Å². The summed E-state index contributed by atoms with van der Waals surface area (Å²) in [5.41, 5.74) is 4.09. The van der Waals surface area contributed by atoms with Crippen LogP contribution in [0.5, 0.6) is 0 Å². The van der Waals surface area contributed by atoms with Crippen LogP contribution < -0.4 is 20.9 Å². The average Bonchev–Trinajstić information content (AvgIpc) is 2.72. The quantitative estimate of drug-likeness (QED) is 0.331. The van der Waals surface area contributed by atoms with Crippen molar-refractivity contribution in [2.75, 3.05) is 53.0 Å². The lowest BCUT2D eigenvalue weighted by Crippen LogP contribution is -3.16. The summed E-state index contributed by atoms with van der Waals surface area (Å²) in [6.07, 6.45) is 0. The molecule has 5 N–H and O–H groups in total. The molecular formula is C21H32N4O4+2. The number of nitrogens with one attached hydrogen (secondary N) is 3. The summed E-state index contributed by atoms with van der Waals surface area (Å²) in [5.74, 6) is -0.425. The normalized spacial score (nSPS) is 20.2. The number of nitrogens with two attached hydrogens (primary N) is 1. The minimum absolute atomic E-state index is 0.300. The summed E-state index contributed by atoms with van der Waals surface area (Å²) in [4.78, 5) is 26.5. The van der Waals surface area contributed by atoms with E-state index in [1.54, 1.807) is 0 Å². The number of urea groups is 1. The fourth-order valence-corrected chi connectivity index (χ4v) is 3.90. The highest BCUT2D eigenvalue weighted by atomic mass is 16.5. The molecule has 2 aliphatic rings. The highest BCUT2D eigenvalue weighted by Gasteiger charge is 2.34. The summed E-state index contributed by atoms with van der Waals surface area (Å²) in [6, 6.07) is 5.21. The van der Waals surface area contributed by atoms with Crippen LogP contribution in [0.3, 0.4) is 0 Å². The molecule has 2 aliphatic heterocycles. The molecule has 158 valence electrons. The molecule has 1 saturated heterocycles. The predicted octanol–water partition coefficient (Wildman–Crippen LogP) is -1.44. The summed E-state index contributed by atoms with van der Waals surface area (Å²) >= 11 is 0. The molecular weight excluding hydrogens is 372 g/mol. The molecule has 1 atom stereocenters. The number of hydrogen-bond donors (Lipinski definition) is 4. The van der Waals surface area contributed by atoms with Crippen LogP contribution in [0.25, 0.3) is 0 Å². The van der Waals surface area contributed by atoms with Gasteiger partial charge >= 0.3 is 12.0 Å². The van der Waals surface area contributed by atoms with Crippen LogP contribution in [0.2, 0.25) is 0 Å². The fraction of sp³-hybridized carbons (Fsp3) is 0.524. The molecule has 29 heavy (non-hydrogen) atoms. The number of aryl methyl sites for hydroxylation is 2. The Balaban J connectivity index is 1.78. The van der Waals surface area contributed by atoms with Crippen molar-refractivity contribution in [3.8, 4) is 0 Å². The van der Waals surface area contributed by atoms with Gasteiger partial charge in [-0.3, -0.25) is 0 Å². The molecule has 3 rings (SSSR count). The second-order valence-electron chi connectivity index (χ2n) is 7.67. The molecule has 0 aromatic heterocycles. The number of carbonyl (C=O) groups is 2. The van der Waals surface area contributed by atoms with Gasteiger partial charge in [0.1, 0.15) is 32.7 Å². The van der Waals surface area contributed by atoms with Gasteiger partial charge in [0.05, 0.1) is 37.6 Å². The van der Waals surface area contributed by atoms with E-state index in [4.69, 9.17) is 9.47 Å². The van der Waals surface area contributed by atoms with Gasteiger partial charge in [-0.2, -0.15) is 0 Å². The molecule has 0 radical (unpaired) electrons. The third kappa shape index (κ3) is 5.35. The minimum atomic E-state index is -0.524. The Morgan fingerprint density at radius 1 is 1.31 bits per heavy atom. The molecule has 1 aromatic carbocycles. The van der Waals surface area contributed by atoms with Gasteiger partial charge in [-0.25, -0.2) is 9.59 Å². The van der Waals surface area contributed by atoms with Gasteiger partial charge in [0.15, 0.2) is 0 Å². The number of hydrogen-bond acceptors (Lipinski definition) is 4. The van der Waals surface area contributed by atoms with Crippen LogP contribution in [-0.4, -0.2) is 65.0 Å². The number of methoxy groups -OCH3 is 1. The molecule has 0 saturated carbocycles. The zero-order valence-corrected chi connectivity index (χ0v) is 17.5. The maximum Gasteiger partial charge on any atom is 0.338 e. The first-order chi connectivity index (χ1) is 14.0. The van der Waals surface area contributed by atoms with Gasteiger partial charge in [-0.05, 0) is 25.0 Å². The van der Waals surface area contributed by atoms with Crippen molar-refractivity contribution in [1.82, 2.24) is 10.6 Å². The van der Waals surface area contributed by atoms with Crippen molar-refractivity contribution in [3.63, 3.8) is 0 Å². The van der Waals surface area contributed by atoms with Gasteiger partial charge < -0.3 is 30.3 Å². The molecule has 0 unspecified atom stereocenters. The number of carbonyl (C=O) groups excluding carboxylic acids is 2. The Morgan fingerprint density at radius 3 is 2.79 bits per heavy atom. The number of esters is 1. The monoisotopic (exact) mass is 404 g/mol. The summed E-state index contributed by atoms with van der Waals surface area (Å²) in [6.45, 7) is 10.1. The molecule has 1 aromatic rings. The van der Waals surface area contributed by atoms with Crippen molar-refractivity contribution in [3.05, 3.63) is 46.2 Å². The highest BCUT2D eigenvalue weighted by molar-refractivity contribution is 5.95. The summed E-state index contributed by atoms with van der Waals surface area (Å²) < 4.78 is 10.5. The Hall–Kier alpha value is -2.42. The van der Waals surface area contributed by atoms with E-state index in [-0.39, 0.29) is 6.03 Å². The molecule has 1 fully saturated rings. The first-order valence-electron chi connectivity index (χ1n) is 10.2. The Labute approximate surface area is 171 Å². The standard InChI is InChI=1S/C21H30N4O4/c1-14-4-5-15(2)16(12-14)19-18(20(26)28-3)17(23-21(27)24-19)13-22-6-7-25-8-10-29-11-9-25/h4-5,12,19,22H,6-11,13H2,1-3H3,(H2,23,24,27)/p+2/t19-/m0/s1. The van der Waals surface area contributed by atoms with Crippen molar-refractivity contribution >= 4 is 12.0 Å². The third-order valence-corrected chi connectivity index (χ3v) is 5.56. The SMILES string of the molecule is COC(=O)C1=C(C[NH2+]CC[NH+]2CCOCC2)NC(=O)N[C@H]1c1cc(C)ccc1C. The molecule has 2 heterocycles. The second-order valence-corrected chi connectivity index (χ2v) is 7.67. The maximum absolute atomic E-state index is 12.6. The average molecular weight is 405 g/mol. The van der Waals surface area contributed by atoms with Crippen molar-refractivity contribution in [2.45, 2.75) is 19.9 Å². The smallest absolute Gasteiger partial charge is 0.338 e. The molecule has 0 bridgehead atoms. The van der Waals surface area contributed by atoms with E-state index in [9.17, 15) is 9.59 Å². The maximum atomic E-state index is 12.6. The fourth-order valence-electron chi connectivity index (χ4n) is 3.90. The zero-order valence-electron chi connectivity index (χ0n) is 17.5.